The monoisotopic (exact) mass is 404 g/mol. The quantitative estimate of drug-likeness (QED) is 0.784. The first-order valence-electron chi connectivity index (χ1n) is 9.05. The van der Waals surface area contributed by atoms with Gasteiger partial charge in [0.25, 0.3) is 11.8 Å². The zero-order valence-corrected chi connectivity index (χ0v) is 15.3. The number of hydrogen-bond acceptors (Lipinski definition) is 5. The number of rotatable bonds is 4. The van der Waals surface area contributed by atoms with Crippen LogP contribution in [0, 0.1) is 0 Å². The number of amides is 2. The van der Waals surface area contributed by atoms with E-state index in [0.717, 1.165) is 0 Å². The molecular weight excluding hydrogens is 386 g/mol. The predicted octanol–water partition coefficient (Wildman–Crippen LogP) is 2.61. The second-order valence-electron chi connectivity index (χ2n) is 6.53. The summed E-state index contributed by atoms with van der Waals surface area (Å²) in [4.78, 5) is 28.7. The van der Waals surface area contributed by atoms with Gasteiger partial charge in [-0.1, -0.05) is 12.1 Å². The van der Waals surface area contributed by atoms with Crippen molar-refractivity contribution < 1.29 is 32.6 Å². The van der Waals surface area contributed by atoms with Crippen molar-refractivity contribution in [1.29, 1.82) is 0 Å². The average molecular weight is 404 g/mol. The molecule has 1 saturated heterocycles. The van der Waals surface area contributed by atoms with Crippen molar-refractivity contribution >= 4 is 11.8 Å². The molecule has 0 unspecified atom stereocenters. The molecule has 2 aliphatic heterocycles. The summed E-state index contributed by atoms with van der Waals surface area (Å²) in [5.41, 5.74) is 0.549. The molecule has 2 aromatic carbocycles. The van der Waals surface area contributed by atoms with Gasteiger partial charge in [0, 0.05) is 31.7 Å². The maximum Gasteiger partial charge on any atom is 0.387 e. The molecule has 7 nitrogen and oxygen atoms in total. The first kappa shape index (κ1) is 19.0. The zero-order valence-electron chi connectivity index (χ0n) is 15.3. The Morgan fingerprint density at radius 2 is 1.55 bits per heavy atom. The lowest BCUT2D eigenvalue weighted by Gasteiger charge is -2.35. The van der Waals surface area contributed by atoms with Crippen LogP contribution in [0.3, 0.4) is 0 Å². The smallest absolute Gasteiger partial charge is 0.387 e. The third-order valence-corrected chi connectivity index (χ3v) is 4.81. The number of piperazine rings is 1. The van der Waals surface area contributed by atoms with E-state index in [4.69, 9.17) is 9.47 Å². The Morgan fingerprint density at radius 3 is 2.28 bits per heavy atom. The molecule has 9 heteroatoms. The van der Waals surface area contributed by atoms with E-state index in [2.05, 4.69) is 4.74 Å². The number of fused-ring (bicyclic) bond motifs is 1. The zero-order chi connectivity index (χ0) is 20.4. The molecule has 2 aliphatic rings. The lowest BCUT2D eigenvalue weighted by Crippen LogP contribution is -2.50. The second kappa shape index (κ2) is 7.94. The summed E-state index contributed by atoms with van der Waals surface area (Å²) in [6.45, 7) is -1.64. The third-order valence-electron chi connectivity index (χ3n) is 4.81. The van der Waals surface area contributed by atoms with E-state index in [9.17, 15) is 18.4 Å². The van der Waals surface area contributed by atoms with E-state index in [1.54, 1.807) is 29.2 Å². The fourth-order valence-electron chi connectivity index (χ4n) is 3.34. The Morgan fingerprint density at radius 1 is 0.897 bits per heavy atom. The number of para-hydroxylation sites is 1. The summed E-state index contributed by atoms with van der Waals surface area (Å²) in [6.07, 6.45) is 0. The highest BCUT2D eigenvalue weighted by Gasteiger charge is 2.28. The fourth-order valence-corrected chi connectivity index (χ4v) is 3.34. The van der Waals surface area contributed by atoms with Gasteiger partial charge in [0.2, 0.25) is 6.79 Å². The number of ether oxygens (including phenoxy) is 3. The maximum atomic E-state index is 12.7. The van der Waals surface area contributed by atoms with Gasteiger partial charge in [-0.05, 0) is 30.3 Å². The van der Waals surface area contributed by atoms with Crippen molar-refractivity contribution in [3.63, 3.8) is 0 Å². The van der Waals surface area contributed by atoms with Crippen LogP contribution in [0.5, 0.6) is 17.2 Å². The van der Waals surface area contributed by atoms with Gasteiger partial charge < -0.3 is 24.0 Å². The standard InChI is InChI=1S/C20H18F2N2O5/c21-20(22)29-15-4-2-1-3-14(15)19(26)24-9-7-23(8-10-24)18(25)13-5-6-16-17(11-13)28-12-27-16/h1-6,11,20H,7-10,12H2. The van der Waals surface area contributed by atoms with Crippen LogP contribution < -0.4 is 14.2 Å². The number of carbonyl (C=O) groups excluding carboxylic acids is 2. The molecule has 152 valence electrons. The highest BCUT2D eigenvalue weighted by atomic mass is 19.3. The highest BCUT2D eigenvalue weighted by molar-refractivity contribution is 5.98. The van der Waals surface area contributed by atoms with Crippen LogP contribution in [-0.2, 0) is 0 Å². The van der Waals surface area contributed by atoms with Crippen LogP contribution in [0.25, 0.3) is 0 Å². The summed E-state index contributed by atoms with van der Waals surface area (Å²) >= 11 is 0. The number of hydrogen-bond donors (Lipinski definition) is 0. The van der Waals surface area contributed by atoms with Crippen molar-refractivity contribution in [3.05, 3.63) is 53.6 Å². The largest absolute Gasteiger partial charge is 0.454 e. The molecule has 2 amide bonds. The highest BCUT2D eigenvalue weighted by Crippen LogP contribution is 2.33. The maximum absolute atomic E-state index is 12.7. The first-order chi connectivity index (χ1) is 14.0. The van der Waals surface area contributed by atoms with Crippen molar-refractivity contribution in [2.45, 2.75) is 6.61 Å². The average Bonchev–Trinajstić information content (AvgIpc) is 3.21. The van der Waals surface area contributed by atoms with E-state index >= 15 is 0 Å². The topological polar surface area (TPSA) is 68.3 Å². The normalized spacial score (nSPS) is 15.6. The van der Waals surface area contributed by atoms with Gasteiger partial charge in [-0.3, -0.25) is 9.59 Å². The Labute approximate surface area is 165 Å². The van der Waals surface area contributed by atoms with E-state index in [1.807, 2.05) is 0 Å². The minimum absolute atomic E-state index is 0.0725. The van der Waals surface area contributed by atoms with E-state index < -0.39 is 12.5 Å². The molecule has 0 aromatic heterocycles. The molecule has 0 atom stereocenters. The fraction of sp³-hybridized carbons (Fsp3) is 0.300. The van der Waals surface area contributed by atoms with E-state index in [0.29, 0.717) is 30.2 Å². The summed E-state index contributed by atoms with van der Waals surface area (Å²) < 4.78 is 40.2. The van der Waals surface area contributed by atoms with Crippen molar-refractivity contribution in [3.8, 4) is 17.2 Å². The molecule has 0 spiro atoms. The number of nitrogens with zero attached hydrogens (tertiary/aromatic N) is 2. The van der Waals surface area contributed by atoms with Crippen LogP contribution in [0.15, 0.2) is 42.5 Å². The summed E-state index contributed by atoms with van der Waals surface area (Å²) in [5, 5.41) is 0. The van der Waals surface area contributed by atoms with Crippen LogP contribution in [0.1, 0.15) is 20.7 Å². The van der Waals surface area contributed by atoms with Crippen LogP contribution in [-0.4, -0.2) is 61.2 Å². The van der Waals surface area contributed by atoms with Gasteiger partial charge in [0.05, 0.1) is 5.56 Å². The van der Waals surface area contributed by atoms with Crippen LogP contribution in [0.4, 0.5) is 8.78 Å². The first-order valence-corrected chi connectivity index (χ1v) is 9.05. The number of carbonyl (C=O) groups is 2. The molecule has 0 radical (unpaired) electrons. The molecular formula is C20H18F2N2O5. The van der Waals surface area contributed by atoms with Crippen molar-refractivity contribution in [1.82, 2.24) is 9.80 Å². The van der Waals surface area contributed by atoms with Gasteiger partial charge in [0.15, 0.2) is 11.5 Å². The number of alkyl halides is 2. The van der Waals surface area contributed by atoms with Gasteiger partial charge >= 0.3 is 6.61 Å². The molecule has 0 saturated carbocycles. The molecule has 0 bridgehead atoms. The molecule has 4 rings (SSSR count). The minimum atomic E-state index is -3.01. The molecule has 0 aliphatic carbocycles. The Kier molecular flexibility index (Phi) is 5.20. The second-order valence-corrected chi connectivity index (χ2v) is 6.53. The molecule has 1 fully saturated rings. The summed E-state index contributed by atoms with van der Waals surface area (Å²) in [5.74, 6) is 0.390. The van der Waals surface area contributed by atoms with E-state index in [-0.39, 0.29) is 37.1 Å². The molecule has 29 heavy (non-hydrogen) atoms. The molecule has 2 heterocycles. The Hall–Kier alpha value is -3.36. The third kappa shape index (κ3) is 3.94. The number of benzene rings is 2. The van der Waals surface area contributed by atoms with Gasteiger partial charge in [0.1, 0.15) is 5.75 Å². The lowest BCUT2D eigenvalue weighted by atomic mass is 10.1. The van der Waals surface area contributed by atoms with Gasteiger partial charge in [-0.2, -0.15) is 8.78 Å². The predicted molar refractivity (Wildman–Crippen MR) is 97.4 cm³/mol. The Balaban J connectivity index is 1.41. The van der Waals surface area contributed by atoms with E-state index in [1.165, 1.54) is 23.1 Å². The lowest BCUT2D eigenvalue weighted by molar-refractivity contribution is -0.0503. The minimum Gasteiger partial charge on any atom is -0.454 e. The van der Waals surface area contributed by atoms with Crippen LogP contribution in [0.2, 0.25) is 0 Å². The SMILES string of the molecule is O=C(c1ccc2c(c1)OCO2)N1CCN(C(=O)c2ccccc2OC(F)F)CC1. The molecule has 2 aromatic rings. The van der Waals surface area contributed by atoms with Gasteiger partial charge in [-0.15, -0.1) is 0 Å². The number of halogens is 2. The van der Waals surface area contributed by atoms with Crippen LogP contribution >= 0.6 is 0 Å². The Bertz CT molecular complexity index is 929. The van der Waals surface area contributed by atoms with Gasteiger partial charge in [-0.25, -0.2) is 0 Å². The van der Waals surface area contributed by atoms with Crippen molar-refractivity contribution in [2.24, 2.45) is 0 Å². The summed E-state index contributed by atoms with van der Waals surface area (Å²) in [6, 6.07) is 10.9. The van der Waals surface area contributed by atoms with Crippen molar-refractivity contribution in [2.75, 3.05) is 33.0 Å². The summed E-state index contributed by atoms with van der Waals surface area (Å²) in [7, 11) is 0. The molecule has 0 N–H and O–H groups in total.